The maximum Gasteiger partial charge on any atom is 0.220 e. The predicted molar refractivity (Wildman–Crippen MR) is 98.7 cm³/mol. The van der Waals surface area contributed by atoms with E-state index in [2.05, 4.69) is 29.5 Å². The van der Waals surface area contributed by atoms with Gasteiger partial charge in [-0.15, -0.1) is 0 Å². The second-order valence-electron chi connectivity index (χ2n) is 7.62. The number of pyridine rings is 1. The highest BCUT2D eigenvalue weighted by molar-refractivity contribution is 5.76. The molecule has 1 fully saturated rings. The minimum Gasteiger partial charge on any atom is -0.356 e. The van der Waals surface area contributed by atoms with Crippen LogP contribution in [0.25, 0.3) is 0 Å². The molecule has 5 nitrogen and oxygen atoms in total. The molecule has 138 valence electrons. The summed E-state index contributed by atoms with van der Waals surface area (Å²) in [5.74, 6) is 1.48. The molecule has 5 heteroatoms. The molecule has 1 heterocycles. The van der Waals surface area contributed by atoms with Gasteiger partial charge in [-0.1, -0.05) is 19.9 Å². The summed E-state index contributed by atoms with van der Waals surface area (Å²) in [4.78, 5) is 27.9. The number of nitrogens with one attached hydrogen (secondary N) is 2. The van der Waals surface area contributed by atoms with Crippen LogP contribution in [-0.2, 0) is 9.59 Å². The Balaban J connectivity index is 1.86. The topological polar surface area (TPSA) is 71.1 Å². The van der Waals surface area contributed by atoms with Gasteiger partial charge in [-0.3, -0.25) is 14.6 Å². The van der Waals surface area contributed by atoms with Crippen molar-refractivity contribution in [2.45, 2.75) is 58.9 Å². The van der Waals surface area contributed by atoms with Gasteiger partial charge in [-0.2, -0.15) is 0 Å². The van der Waals surface area contributed by atoms with Crippen molar-refractivity contribution in [2.75, 3.05) is 6.54 Å². The molecule has 0 aromatic carbocycles. The molecular formula is C20H31N3O2. The molecule has 1 aliphatic rings. The Morgan fingerprint density at radius 3 is 2.48 bits per heavy atom. The molecule has 1 saturated carbocycles. The van der Waals surface area contributed by atoms with Crippen molar-refractivity contribution in [2.24, 2.45) is 17.8 Å². The second kappa shape index (κ2) is 9.54. The zero-order valence-electron chi connectivity index (χ0n) is 15.6. The number of amides is 2. The fourth-order valence-electron chi connectivity index (χ4n) is 3.64. The lowest BCUT2D eigenvalue weighted by molar-refractivity contribution is -0.122. The summed E-state index contributed by atoms with van der Waals surface area (Å²) < 4.78 is 0. The molecule has 1 aromatic heterocycles. The Bertz CT molecular complexity index is 551. The zero-order chi connectivity index (χ0) is 18.2. The fraction of sp³-hybridized carbons (Fsp3) is 0.650. The van der Waals surface area contributed by atoms with E-state index in [4.69, 9.17) is 0 Å². The van der Waals surface area contributed by atoms with Gasteiger partial charge in [0.1, 0.15) is 0 Å². The van der Waals surface area contributed by atoms with Gasteiger partial charge in [0.15, 0.2) is 0 Å². The van der Waals surface area contributed by atoms with Gasteiger partial charge >= 0.3 is 0 Å². The first-order valence-electron chi connectivity index (χ1n) is 9.40. The highest BCUT2D eigenvalue weighted by atomic mass is 16.2. The van der Waals surface area contributed by atoms with Crippen LogP contribution in [0.3, 0.4) is 0 Å². The van der Waals surface area contributed by atoms with Gasteiger partial charge < -0.3 is 10.6 Å². The Labute approximate surface area is 151 Å². The van der Waals surface area contributed by atoms with Crippen LogP contribution in [0, 0.1) is 17.8 Å². The summed E-state index contributed by atoms with van der Waals surface area (Å²) in [6.07, 6.45) is 6.63. The summed E-state index contributed by atoms with van der Waals surface area (Å²) in [6, 6.07) is 5.83. The normalized spacial score (nSPS) is 21.6. The third kappa shape index (κ3) is 6.48. The lowest BCUT2D eigenvalue weighted by atomic mass is 9.77. The van der Waals surface area contributed by atoms with E-state index >= 15 is 0 Å². The van der Waals surface area contributed by atoms with Gasteiger partial charge in [0.05, 0.1) is 11.7 Å². The zero-order valence-corrected chi connectivity index (χ0v) is 15.6. The van der Waals surface area contributed by atoms with E-state index in [-0.39, 0.29) is 17.9 Å². The molecule has 25 heavy (non-hydrogen) atoms. The lowest BCUT2D eigenvalue weighted by Gasteiger charge is -2.34. The van der Waals surface area contributed by atoms with Crippen molar-refractivity contribution < 1.29 is 9.59 Å². The van der Waals surface area contributed by atoms with Crippen molar-refractivity contribution in [3.8, 4) is 0 Å². The van der Waals surface area contributed by atoms with Crippen LogP contribution < -0.4 is 10.6 Å². The highest BCUT2D eigenvalue weighted by Crippen LogP contribution is 2.36. The molecule has 2 amide bonds. The molecule has 2 N–H and O–H groups in total. The molecule has 0 unspecified atom stereocenters. The van der Waals surface area contributed by atoms with Crippen LogP contribution in [0.5, 0.6) is 0 Å². The Kier molecular flexibility index (Phi) is 7.41. The predicted octanol–water partition coefficient (Wildman–Crippen LogP) is 3.23. The van der Waals surface area contributed by atoms with Crippen molar-refractivity contribution in [3.05, 3.63) is 30.1 Å². The third-order valence-corrected chi connectivity index (χ3v) is 4.91. The summed E-state index contributed by atoms with van der Waals surface area (Å²) in [5.41, 5.74) is 0.936. The van der Waals surface area contributed by atoms with Gasteiger partial charge in [-0.05, 0) is 55.6 Å². The van der Waals surface area contributed by atoms with E-state index in [0.29, 0.717) is 24.2 Å². The quantitative estimate of drug-likeness (QED) is 0.797. The summed E-state index contributed by atoms with van der Waals surface area (Å²) in [7, 11) is 0. The molecule has 0 saturated heterocycles. The molecule has 1 aliphatic carbocycles. The van der Waals surface area contributed by atoms with E-state index in [9.17, 15) is 9.59 Å². The number of carbonyl (C=O) groups excluding carboxylic acids is 2. The minimum absolute atomic E-state index is 0.0151. The van der Waals surface area contributed by atoms with Crippen LogP contribution in [-0.4, -0.2) is 23.3 Å². The minimum atomic E-state index is -0.0183. The van der Waals surface area contributed by atoms with Crippen molar-refractivity contribution in [1.82, 2.24) is 15.6 Å². The molecule has 0 bridgehead atoms. The molecular weight excluding hydrogens is 314 g/mol. The maximum absolute atomic E-state index is 11.8. The van der Waals surface area contributed by atoms with E-state index in [1.54, 1.807) is 13.1 Å². The van der Waals surface area contributed by atoms with Crippen molar-refractivity contribution in [3.63, 3.8) is 0 Å². The van der Waals surface area contributed by atoms with Crippen LogP contribution >= 0.6 is 0 Å². The first kappa shape index (κ1) is 19.4. The SMILES string of the molecule is CC(=O)N[C@@H](c1ccccn1)C1CCC(CNC(=O)CC(C)C)CC1. The van der Waals surface area contributed by atoms with E-state index in [0.717, 1.165) is 37.9 Å². The molecule has 0 radical (unpaired) electrons. The largest absolute Gasteiger partial charge is 0.356 e. The summed E-state index contributed by atoms with van der Waals surface area (Å²) in [5, 5.41) is 6.15. The standard InChI is InChI=1S/C20H31N3O2/c1-14(2)12-19(25)22-13-16-7-9-17(10-8-16)20(23-15(3)24)18-6-4-5-11-21-18/h4-6,11,14,16-17,20H,7-10,12-13H2,1-3H3,(H,22,25)(H,23,24)/t16?,17?,20-/m1/s1. The van der Waals surface area contributed by atoms with Crippen LogP contribution in [0.4, 0.5) is 0 Å². The lowest BCUT2D eigenvalue weighted by Crippen LogP contribution is -2.36. The number of hydrogen-bond donors (Lipinski definition) is 2. The number of aromatic nitrogens is 1. The van der Waals surface area contributed by atoms with Gasteiger partial charge in [0.25, 0.3) is 0 Å². The number of hydrogen-bond acceptors (Lipinski definition) is 3. The molecule has 1 aromatic rings. The smallest absolute Gasteiger partial charge is 0.220 e. The first-order valence-corrected chi connectivity index (χ1v) is 9.40. The van der Waals surface area contributed by atoms with Gasteiger partial charge in [0, 0.05) is 26.1 Å². The Morgan fingerprint density at radius 1 is 1.20 bits per heavy atom. The second-order valence-corrected chi connectivity index (χ2v) is 7.62. The maximum atomic E-state index is 11.8. The molecule has 0 aliphatic heterocycles. The average molecular weight is 345 g/mol. The van der Waals surface area contributed by atoms with Crippen molar-refractivity contribution >= 4 is 11.8 Å². The number of carbonyl (C=O) groups is 2. The summed E-state index contributed by atoms with van der Waals surface area (Å²) in [6.45, 7) is 6.45. The Hall–Kier alpha value is -1.91. The fourth-order valence-corrected chi connectivity index (χ4v) is 3.64. The number of nitrogens with zero attached hydrogens (tertiary/aromatic N) is 1. The molecule has 1 atom stereocenters. The van der Waals surface area contributed by atoms with E-state index < -0.39 is 0 Å². The number of rotatable bonds is 7. The monoisotopic (exact) mass is 345 g/mol. The third-order valence-electron chi connectivity index (χ3n) is 4.91. The van der Waals surface area contributed by atoms with Crippen LogP contribution in [0.15, 0.2) is 24.4 Å². The summed E-state index contributed by atoms with van der Waals surface area (Å²) >= 11 is 0. The molecule has 2 rings (SSSR count). The molecule has 0 spiro atoms. The van der Waals surface area contributed by atoms with E-state index in [1.165, 1.54) is 0 Å². The van der Waals surface area contributed by atoms with Crippen LogP contribution in [0.2, 0.25) is 0 Å². The van der Waals surface area contributed by atoms with Crippen LogP contribution in [0.1, 0.15) is 64.6 Å². The van der Waals surface area contributed by atoms with Gasteiger partial charge in [0.2, 0.25) is 11.8 Å². The average Bonchev–Trinajstić information content (AvgIpc) is 2.58. The van der Waals surface area contributed by atoms with Crippen molar-refractivity contribution in [1.29, 1.82) is 0 Å². The van der Waals surface area contributed by atoms with Gasteiger partial charge in [-0.25, -0.2) is 0 Å². The first-order chi connectivity index (χ1) is 12.0. The Morgan fingerprint density at radius 2 is 1.92 bits per heavy atom. The highest BCUT2D eigenvalue weighted by Gasteiger charge is 2.30. The van der Waals surface area contributed by atoms with E-state index in [1.807, 2.05) is 18.2 Å².